The second kappa shape index (κ2) is 6.54. The predicted molar refractivity (Wildman–Crippen MR) is 112 cm³/mol. The van der Waals surface area contributed by atoms with Gasteiger partial charge in [-0.15, -0.1) is 0 Å². The number of amides is 1. The van der Waals surface area contributed by atoms with E-state index in [1.807, 2.05) is 36.4 Å². The zero-order chi connectivity index (χ0) is 21.0. The molecular formula is C24H19N3O4. The third kappa shape index (κ3) is 2.48. The van der Waals surface area contributed by atoms with Gasteiger partial charge in [-0.3, -0.25) is 4.79 Å². The largest absolute Gasteiger partial charge is 0.491 e. The van der Waals surface area contributed by atoms with Gasteiger partial charge in [-0.25, -0.2) is 0 Å². The van der Waals surface area contributed by atoms with Gasteiger partial charge in [0.2, 0.25) is 5.91 Å². The number of allylic oxidation sites excluding steroid dienone is 2. The molecule has 1 unspecified atom stereocenters. The lowest BCUT2D eigenvalue weighted by Crippen LogP contribution is -2.44. The topological polar surface area (TPSA) is 83.8 Å². The van der Waals surface area contributed by atoms with Crippen LogP contribution in [0.15, 0.2) is 54.3 Å². The van der Waals surface area contributed by atoms with Gasteiger partial charge < -0.3 is 24.4 Å². The Hall–Kier alpha value is -3.92. The molecule has 0 fully saturated rings. The molecule has 0 saturated carbocycles. The molecule has 0 aromatic heterocycles. The maximum Gasteiger partial charge on any atom is 0.246 e. The number of nitriles is 1. The summed E-state index contributed by atoms with van der Waals surface area (Å²) in [5, 5.41) is 12.8. The molecule has 0 radical (unpaired) electrons. The maximum atomic E-state index is 14.0. The van der Waals surface area contributed by atoms with Crippen LogP contribution < -0.4 is 24.4 Å². The highest BCUT2D eigenvalue weighted by atomic mass is 16.6. The van der Waals surface area contributed by atoms with Crippen LogP contribution in [0.25, 0.3) is 0 Å². The van der Waals surface area contributed by atoms with E-state index < -0.39 is 5.41 Å². The fourth-order valence-electron chi connectivity index (χ4n) is 4.76. The Morgan fingerprint density at radius 3 is 2.68 bits per heavy atom. The van der Waals surface area contributed by atoms with Crippen LogP contribution in [0.4, 0.5) is 5.69 Å². The molecule has 154 valence electrons. The Morgan fingerprint density at radius 2 is 1.90 bits per heavy atom. The first-order chi connectivity index (χ1) is 15.2. The maximum absolute atomic E-state index is 14.0. The molecule has 4 aliphatic heterocycles. The van der Waals surface area contributed by atoms with E-state index in [0.717, 1.165) is 29.1 Å². The van der Waals surface area contributed by atoms with Crippen molar-refractivity contribution in [3.05, 3.63) is 70.9 Å². The molecule has 2 aromatic carbocycles. The minimum Gasteiger partial charge on any atom is -0.491 e. The highest BCUT2D eigenvalue weighted by Crippen LogP contribution is 2.55. The number of anilines is 1. The van der Waals surface area contributed by atoms with E-state index in [9.17, 15) is 10.1 Å². The fraction of sp³-hybridized carbons (Fsp3) is 0.250. The van der Waals surface area contributed by atoms with Crippen molar-refractivity contribution < 1.29 is 19.0 Å². The van der Waals surface area contributed by atoms with Crippen LogP contribution in [0.3, 0.4) is 0 Å². The Kier molecular flexibility index (Phi) is 3.78. The lowest BCUT2D eigenvalue weighted by molar-refractivity contribution is -0.122. The smallest absolute Gasteiger partial charge is 0.246 e. The van der Waals surface area contributed by atoms with Crippen molar-refractivity contribution in [3.63, 3.8) is 0 Å². The fourth-order valence-corrected chi connectivity index (χ4v) is 4.76. The first kappa shape index (κ1) is 17.9. The van der Waals surface area contributed by atoms with E-state index in [1.165, 1.54) is 0 Å². The molecule has 4 heterocycles. The molecule has 1 atom stereocenters. The van der Waals surface area contributed by atoms with Gasteiger partial charge >= 0.3 is 0 Å². The summed E-state index contributed by atoms with van der Waals surface area (Å²) in [5.74, 6) is 1.79. The molecule has 1 N–H and O–H groups in total. The molecule has 4 aliphatic rings. The number of carbonyl (C=O) groups is 1. The van der Waals surface area contributed by atoms with E-state index in [4.69, 9.17) is 14.2 Å². The van der Waals surface area contributed by atoms with Crippen molar-refractivity contribution >= 4 is 11.6 Å². The standard InChI is InChI=1S/C24H19N3O4/c25-12-15-4-5-19-17(9-15)24(23(28)27(19)13-16-3-1-2-6-26-16)14-31-20-11-22-21(10-18(20)24)29-7-8-30-22/h1-5,9-11,26H,6-8,13-14H2. The van der Waals surface area contributed by atoms with Gasteiger partial charge in [0.15, 0.2) is 11.5 Å². The minimum absolute atomic E-state index is 0.0646. The van der Waals surface area contributed by atoms with Gasteiger partial charge in [-0.2, -0.15) is 5.26 Å². The zero-order valence-corrected chi connectivity index (χ0v) is 16.7. The van der Waals surface area contributed by atoms with Gasteiger partial charge in [0, 0.05) is 35.1 Å². The predicted octanol–water partition coefficient (Wildman–Crippen LogP) is 2.40. The third-order valence-corrected chi connectivity index (χ3v) is 6.24. The molecule has 1 amide bonds. The summed E-state index contributed by atoms with van der Waals surface area (Å²) >= 11 is 0. The van der Waals surface area contributed by atoms with E-state index >= 15 is 0 Å². The van der Waals surface area contributed by atoms with Crippen molar-refractivity contribution in [2.75, 3.05) is 37.8 Å². The SMILES string of the molecule is N#Cc1ccc2c(c1)C1(COc3cc4c(cc31)OCCO4)C(=O)N2CC1=CC=CCN1. The molecule has 7 heteroatoms. The molecule has 0 aliphatic carbocycles. The molecule has 1 spiro atoms. The van der Waals surface area contributed by atoms with E-state index in [2.05, 4.69) is 11.4 Å². The molecule has 7 nitrogen and oxygen atoms in total. The van der Waals surface area contributed by atoms with Crippen LogP contribution in [0.5, 0.6) is 17.2 Å². The van der Waals surface area contributed by atoms with Crippen molar-refractivity contribution in [2.45, 2.75) is 5.41 Å². The van der Waals surface area contributed by atoms with Gasteiger partial charge in [-0.1, -0.05) is 12.2 Å². The van der Waals surface area contributed by atoms with Crippen molar-refractivity contribution in [1.82, 2.24) is 5.32 Å². The quantitative estimate of drug-likeness (QED) is 0.814. The molecule has 0 saturated heterocycles. The number of nitrogens with zero attached hydrogens (tertiary/aromatic N) is 2. The molecule has 2 aromatic rings. The summed E-state index contributed by atoms with van der Waals surface area (Å²) < 4.78 is 17.5. The summed E-state index contributed by atoms with van der Waals surface area (Å²) in [5.41, 5.74) is 2.80. The monoisotopic (exact) mass is 413 g/mol. The van der Waals surface area contributed by atoms with Crippen LogP contribution in [-0.2, 0) is 10.2 Å². The highest BCUT2D eigenvalue weighted by Gasteiger charge is 2.57. The van der Waals surface area contributed by atoms with Gasteiger partial charge in [-0.05, 0) is 30.3 Å². The Morgan fingerprint density at radius 1 is 1.06 bits per heavy atom. The Bertz CT molecular complexity index is 1230. The molecular weight excluding hydrogens is 394 g/mol. The van der Waals surface area contributed by atoms with E-state index in [1.54, 1.807) is 17.0 Å². The van der Waals surface area contributed by atoms with Crippen LogP contribution in [0.2, 0.25) is 0 Å². The third-order valence-electron chi connectivity index (χ3n) is 6.24. The van der Waals surface area contributed by atoms with Crippen LogP contribution in [-0.4, -0.2) is 38.8 Å². The van der Waals surface area contributed by atoms with Crippen molar-refractivity contribution in [2.24, 2.45) is 0 Å². The number of nitrogens with one attached hydrogen (secondary N) is 1. The average Bonchev–Trinajstić information content (AvgIpc) is 3.30. The number of dihydropyridines is 1. The summed E-state index contributed by atoms with van der Waals surface area (Å²) in [4.78, 5) is 15.8. The summed E-state index contributed by atoms with van der Waals surface area (Å²) in [7, 11) is 0. The minimum atomic E-state index is -1.02. The van der Waals surface area contributed by atoms with Gasteiger partial charge in [0.25, 0.3) is 0 Å². The van der Waals surface area contributed by atoms with E-state index in [-0.39, 0.29) is 12.5 Å². The first-order valence-electron chi connectivity index (χ1n) is 10.2. The zero-order valence-electron chi connectivity index (χ0n) is 16.7. The number of ether oxygens (including phenoxy) is 3. The second-order valence-electron chi connectivity index (χ2n) is 7.92. The summed E-state index contributed by atoms with van der Waals surface area (Å²) in [6, 6.07) is 11.3. The summed E-state index contributed by atoms with van der Waals surface area (Å²) in [6.07, 6.45) is 5.99. The number of hydrogen-bond donors (Lipinski definition) is 1. The number of benzene rings is 2. The van der Waals surface area contributed by atoms with Crippen molar-refractivity contribution in [3.8, 4) is 23.3 Å². The Labute approximate surface area is 179 Å². The lowest BCUT2D eigenvalue weighted by Gasteiger charge is -2.25. The van der Waals surface area contributed by atoms with Crippen molar-refractivity contribution in [1.29, 1.82) is 5.26 Å². The number of hydrogen-bond acceptors (Lipinski definition) is 6. The average molecular weight is 413 g/mol. The van der Waals surface area contributed by atoms with E-state index in [0.29, 0.717) is 42.6 Å². The number of rotatable bonds is 2. The molecule has 0 bridgehead atoms. The highest BCUT2D eigenvalue weighted by molar-refractivity contribution is 6.12. The van der Waals surface area contributed by atoms with Crippen LogP contribution >= 0.6 is 0 Å². The van der Waals surface area contributed by atoms with Gasteiger partial charge in [0.1, 0.15) is 31.0 Å². The number of carbonyl (C=O) groups excluding carboxylic acids is 1. The van der Waals surface area contributed by atoms with Gasteiger partial charge in [0.05, 0.1) is 18.2 Å². The lowest BCUT2D eigenvalue weighted by atomic mass is 9.76. The first-order valence-corrected chi connectivity index (χ1v) is 10.2. The van der Waals surface area contributed by atoms with Crippen LogP contribution in [0.1, 0.15) is 16.7 Å². The van der Waals surface area contributed by atoms with Crippen LogP contribution in [0, 0.1) is 11.3 Å². The second-order valence-corrected chi connectivity index (χ2v) is 7.92. The normalized spacial score (nSPS) is 22.4. The summed E-state index contributed by atoms with van der Waals surface area (Å²) in [6.45, 7) is 2.27. The molecule has 6 rings (SSSR count). The molecule has 31 heavy (non-hydrogen) atoms. The Balaban J connectivity index is 1.52. The number of fused-ring (bicyclic) bond motifs is 5.